The standard InChI is InChI=1S/C18H22N6O4/c1-28-14-9-5-4-8-13(14)18(25)22-21-16-15(24(26)27)17(20-12-19-16)23-10-6-2-3-7-11-23/h4-5,8-9,12H,2-3,6-7,10-11H2,1H3,(H,22,25)(H,19,20,21). The largest absolute Gasteiger partial charge is 0.496 e. The number of benzene rings is 1. The first kappa shape index (κ1) is 19.3. The third-order valence-corrected chi connectivity index (χ3v) is 4.54. The van der Waals surface area contributed by atoms with Gasteiger partial charge in [0.2, 0.25) is 11.6 Å². The number of ether oxygens (including phenoxy) is 1. The van der Waals surface area contributed by atoms with Gasteiger partial charge in [-0.05, 0) is 25.0 Å². The second-order valence-corrected chi connectivity index (χ2v) is 6.33. The maximum atomic E-state index is 12.4. The number of methoxy groups -OCH3 is 1. The summed E-state index contributed by atoms with van der Waals surface area (Å²) in [5.74, 6) is 0.0874. The quantitative estimate of drug-likeness (QED) is 0.573. The molecular formula is C18H22N6O4. The lowest BCUT2D eigenvalue weighted by molar-refractivity contribution is -0.383. The van der Waals surface area contributed by atoms with Gasteiger partial charge in [0, 0.05) is 13.1 Å². The Bertz CT molecular complexity index is 852. The topological polar surface area (TPSA) is 123 Å². The maximum Gasteiger partial charge on any atom is 0.355 e. The Hall–Kier alpha value is -3.43. The summed E-state index contributed by atoms with van der Waals surface area (Å²) in [5.41, 5.74) is 5.04. The van der Waals surface area contributed by atoms with Crippen molar-refractivity contribution in [1.29, 1.82) is 0 Å². The summed E-state index contributed by atoms with van der Waals surface area (Å²) in [5, 5.41) is 11.7. The molecule has 0 radical (unpaired) electrons. The van der Waals surface area contributed by atoms with Gasteiger partial charge >= 0.3 is 5.69 Å². The van der Waals surface area contributed by atoms with E-state index in [9.17, 15) is 14.9 Å². The molecule has 1 aliphatic rings. The van der Waals surface area contributed by atoms with E-state index in [4.69, 9.17) is 4.74 Å². The van der Waals surface area contributed by atoms with Crippen LogP contribution in [-0.4, -0.2) is 41.0 Å². The van der Waals surface area contributed by atoms with Gasteiger partial charge in [-0.25, -0.2) is 9.97 Å². The highest BCUT2D eigenvalue weighted by molar-refractivity contribution is 5.97. The van der Waals surface area contributed by atoms with Gasteiger partial charge in [-0.2, -0.15) is 0 Å². The number of aromatic nitrogens is 2. The molecular weight excluding hydrogens is 364 g/mol. The van der Waals surface area contributed by atoms with Crippen LogP contribution in [0.15, 0.2) is 30.6 Å². The molecule has 1 aromatic carbocycles. The Morgan fingerprint density at radius 2 is 1.89 bits per heavy atom. The molecule has 0 bridgehead atoms. The molecule has 0 unspecified atom stereocenters. The van der Waals surface area contributed by atoms with Gasteiger partial charge in [-0.1, -0.05) is 25.0 Å². The van der Waals surface area contributed by atoms with E-state index in [2.05, 4.69) is 20.8 Å². The number of rotatable bonds is 6. The molecule has 3 rings (SSSR count). The zero-order valence-electron chi connectivity index (χ0n) is 15.6. The third-order valence-electron chi connectivity index (χ3n) is 4.54. The van der Waals surface area contributed by atoms with Crippen LogP contribution in [0.4, 0.5) is 17.3 Å². The van der Waals surface area contributed by atoms with Gasteiger partial charge < -0.3 is 9.64 Å². The lowest BCUT2D eigenvalue weighted by Gasteiger charge is -2.21. The number of nitro groups is 1. The normalized spacial score (nSPS) is 14.1. The summed E-state index contributed by atoms with van der Waals surface area (Å²) in [6.07, 6.45) is 5.35. The number of carbonyl (C=O) groups is 1. The summed E-state index contributed by atoms with van der Waals surface area (Å²) < 4.78 is 5.16. The number of hydrogen-bond donors (Lipinski definition) is 2. The van der Waals surface area contributed by atoms with Crippen molar-refractivity contribution in [3.8, 4) is 5.75 Å². The van der Waals surface area contributed by atoms with Gasteiger partial charge in [0.05, 0.1) is 17.6 Å². The van der Waals surface area contributed by atoms with E-state index in [1.54, 1.807) is 24.3 Å². The Balaban J connectivity index is 1.82. The molecule has 0 atom stereocenters. The van der Waals surface area contributed by atoms with E-state index in [-0.39, 0.29) is 17.3 Å². The van der Waals surface area contributed by atoms with Gasteiger partial charge in [0.1, 0.15) is 12.1 Å². The first-order valence-corrected chi connectivity index (χ1v) is 9.05. The first-order valence-electron chi connectivity index (χ1n) is 9.05. The highest BCUT2D eigenvalue weighted by Gasteiger charge is 2.28. The number of hydrogen-bond acceptors (Lipinski definition) is 8. The summed E-state index contributed by atoms with van der Waals surface area (Å²) in [6.45, 7) is 1.40. The number of amides is 1. The van der Waals surface area contributed by atoms with Gasteiger partial charge in [0.25, 0.3) is 5.91 Å². The van der Waals surface area contributed by atoms with Crippen molar-refractivity contribution < 1.29 is 14.5 Å². The van der Waals surface area contributed by atoms with Crippen LogP contribution in [0.1, 0.15) is 36.0 Å². The molecule has 1 amide bonds. The SMILES string of the molecule is COc1ccccc1C(=O)NNc1ncnc(N2CCCCCC2)c1[N+](=O)[O-]. The molecule has 0 saturated carbocycles. The molecule has 0 spiro atoms. The van der Waals surface area contributed by atoms with Crippen molar-refractivity contribution in [2.45, 2.75) is 25.7 Å². The molecule has 1 aliphatic heterocycles. The Labute approximate surface area is 162 Å². The van der Waals surface area contributed by atoms with E-state index >= 15 is 0 Å². The molecule has 1 saturated heterocycles. The van der Waals surface area contributed by atoms with Crippen molar-refractivity contribution in [2.24, 2.45) is 0 Å². The van der Waals surface area contributed by atoms with Gasteiger partial charge in [-0.3, -0.25) is 25.8 Å². The summed E-state index contributed by atoms with van der Waals surface area (Å²) in [7, 11) is 1.46. The summed E-state index contributed by atoms with van der Waals surface area (Å²) in [6, 6.07) is 6.68. The monoisotopic (exact) mass is 386 g/mol. The van der Waals surface area contributed by atoms with Crippen LogP contribution in [0.3, 0.4) is 0 Å². The fraction of sp³-hybridized carbons (Fsp3) is 0.389. The van der Waals surface area contributed by atoms with Crippen molar-refractivity contribution >= 4 is 23.2 Å². The van der Waals surface area contributed by atoms with Gasteiger partial charge in [0.15, 0.2) is 0 Å². The number of para-hydroxylation sites is 1. The second-order valence-electron chi connectivity index (χ2n) is 6.33. The predicted octanol–water partition coefficient (Wildman–Crippen LogP) is 2.53. The van der Waals surface area contributed by atoms with Crippen LogP contribution in [-0.2, 0) is 0 Å². The average Bonchev–Trinajstić information content (AvgIpc) is 3.01. The van der Waals surface area contributed by atoms with Crippen LogP contribution < -0.4 is 20.5 Å². The molecule has 1 aromatic heterocycles. The number of anilines is 2. The highest BCUT2D eigenvalue weighted by Crippen LogP contribution is 2.32. The van der Waals surface area contributed by atoms with Crippen molar-refractivity contribution in [2.75, 3.05) is 30.5 Å². The van der Waals surface area contributed by atoms with Crippen molar-refractivity contribution in [3.05, 3.63) is 46.3 Å². The zero-order chi connectivity index (χ0) is 19.9. The Kier molecular flexibility index (Phi) is 6.20. The van der Waals surface area contributed by atoms with E-state index in [1.807, 2.05) is 4.90 Å². The van der Waals surface area contributed by atoms with E-state index in [0.717, 1.165) is 25.7 Å². The minimum atomic E-state index is -0.530. The summed E-state index contributed by atoms with van der Waals surface area (Å²) in [4.78, 5) is 33.6. The molecule has 148 valence electrons. The highest BCUT2D eigenvalue weighted by atomic mass is 16.6. The first-order chi connectivity index (χ1) is 13.6. The van der Waals surface area contributed by atoms with Crippen LogP contribution in [0.5, 0.6) is 5.75 Å². The molecule has 10 heteroatoms. The number of hydrazine groups is 1. The van der Waals surface area contributed by atoms with Crippen LogP contribution in [0.25, 0.3) is 0 Å². The number of nitrogens with zero attached hydrogens (tertiary/aromatic N) is 4. The molecule has 28 heavy (non-hydrogen) atoms. The van der Waals surface area contributed by atoms with Crippen molar-refractivity contribution in [1.82, 2.24) is 15.4 Å². The molecule has 2 heterocycles. The Morgan fingerprint density at radius 3 is 2.57 bits per heavy atom. The minimum Gasteiger partial charge on any atom is -0.496 e. The Morgan fingerprint density at radius 1 is 1.18 bits per heavy atom. The number of nitrogens with one attached hydrogen (secondary N) is 2. The van der Waals surface area contributed by atoms with E-state index < -0.39 is 10.8 Å². The lowest BCUT2D eigenvalue weighted by Crippen LogP contribution is -2.31. The van der Waals surface area contributed by atoms with Gasteiger partial charge in [-0.15, -0.1) is 0 Å². The lowest BCUT2D eigenvalue weighted by atomic mass is 10.2. The number of carbonyl (C=O) groups excluding carboxylic acids is 1. The second kappa shape index (κ2) is 8.98. The fourth-order valence-electron chi connectivity index (χ4n) is 3.16. The molecule has 1 fully saturated rings. The smallest absolute Gasteiger partial charge is 0.355 e. The summed E-state index contributed by atoms with van der Waals surface area (Å²) >= 11 is 0. The van der Waals surface area contributed by atoms with Crippen molar-refractivity contribution in [3.63, 3.8) is 0 Å². The molecule has 2 N–H and O–H groups in total. The predicted molar refractivity (Wildman–Crippen MR) is 103 cm³/mol. The van der Waals surface area contributed by atoms with Crippen LogP contribution in [0.2, 0.25) is 0 Å². The molecule has 2 aromatic rings. The fourth-order valence-corrected chi connectivity index (χ4v) is 3.16. The van der Waals surface area contributed by atoms with Crippen LogP contribution in [0, 0.1) is 10.1 Å². The third kappa shape index (κ3) is 4.27. The van der Waals surface area contributed by atoms with Crippen LogP contribution >= 0.6 is 0 Å². The van der Waals surface area contributed by atoms with E-state index in [0.29, 0.717) is 24.4 Å². The van der Waals surface area contributed by atoms with E-state index in [1.165, 1.54) is 13.4 Å². The molecule has 10 nitrogen and oxygen atoms in total. The zero-order valence-corrected chi connectivity index (χ0v) is 15.6. The minimum absolute atomic E-state index is 0.0671. The average molecular weight is 386 g/mol. The maximum absolute atomic E-state index is 12.4. The molecule has 0 aliphatic carbocycles.